The Kier molecular flexibility index (Phi) is 14.6. The predicted molar refractivity (Wildman–Crippen MR) is 69.5 cm³/mol. The number of hydrogen-bond donors (Lipinski definition) is 3. The Morgan fingerprint density at radius 3 is 2.21 bits per heavy atom. The van der Waals surface area contributed by atoms with Crippen LogP contribution < -0.4 is 115 Å². The Morgan fingerprint density at radius 1 is 1.14 bits per heavy atom. The van der Waals surface area contributed by atoms with Crippen LogP contribution in [0.5, 0.6) is 0 Å². The molecule has 1 fully saturated rings. The summed E-state index contributed by atoms with van der Waals surface area (Å²) in [6, 6.07) is 0.938. The molecule has 1 saturated heterocycles. The summed E-state index contributed by atoms with van der Waals surface area (Å²) in [4.78, 5) is 56.2. The molecule has 1 aliphatic rings. The molecule has 0 bridgehead atoms. The van der Waals surface area contributed by atoms with E-state index in [1.54, 1.807) is 0 Å². The first-order valence-electron chi connectivity index (χ1n) is 6.42. The summed E-state index contributed by atoms with van der Waals surface area (Å²) in [5.74, 6) is 0. The van der Waals surface area contributed by atoms with Gasteiger partial charge in [0, 0.05) is 12.3 Å². The smallest absolute Gasteiger partial charge is 0.790 e. The van der Waals surface area contributed by atoms with E-state index in [1.165, 1.54) is 0 Å². The molecule has 0 spiro atoms. The van der Waals surface area contributed by atoms with Crippen LogP contribution in [0.3, 0.4) is 0 Å². The molecule has 14 nitrogen and oxygen atoms in total. The fraction of sp³-hybridized carbons (Fsp3) is 0.556. The van der Waals surface area contributed by atoms with Crippen molar-refractivity contribution in [2.75, 3.05) is 6.61 Å². The number of ether oxygens (including phenoxy) is 1. The minimum atomic E-state index is -5.88. The van der Waals surface area contributed by atoms with Crippen molar-refractivity contribution < 1.29 is 136 Å². The van der Waals surface area contributed by atoms with Gasteiger partial charge in [-0.05, 0) is 0 Å². The second-order valence-corrected chi connectivity index (χ2v) is 7.54. The summed E-state index contributed by atoms with van der Waals surface area (Å²) < 4.78 is 34.6. The first-order chi connectivity index (χ1) is 11.4. The van der Waals surface area contributed by atoms with Gasteiger partial charge in [-0.1, -0.05) is 0 Å². The van der Waals surface area contributed by atoms with E-state index in [1.807, 2.05) is 4.98 Å². The van der Waals surface area contributed by atoms with Crippen molar-refractivity contribution in [1.82, 2.24) is 9.55 Å². The standard InChI is InChI=1S/C9H14N2O12P2.3Na/c12-5-1-2-11(9(15)10-5)8-7(14)6(13)4(22-8)3-21-25(19,20)23-24(16,17)18;;;/h1-2,4,6-8,13-14H,3H2,(H,19,20)(H,10,12,15)(H2,16,17,18);;;/q;3*+1/p-3/t4-,6+,7+,8+;;;/m0.../s1. The van der Waals surface area contributed by atoms with Gasteiger partial charge < -0.3 is 38.7 Å². The van der Waals surface area contributed by atoms with E-state index in [-0.39, 0.29) is 88.7 Å². The molecule has 0 aromatic carbocycles. The summed E-state index contributed by atoms with van der Waals surface area (Å²) in [5, 5.41) is 19.7. The number of H-pyrrole nitrogens is 1. The van der Waals surface area contributed by atoms with Gasteiger partial charge in [0.1, 0.15) is 18.3 Å². The summed E-state index contributed by atoms with van der Waals surface area (Å²) >= 11 is 0. The van der Waals surface area contributed by atoms with Crippen LogP contribution in [0.2, 0.25) is 0 Å². The van der Waals surface area contributed by atoms with Crippen LogP contribution in [0.1, 0.15) is 6.23 Å². The molecule has 0 aliphatic carbocycles. The Morgan fingerprint density at radius 2 is 1.71 bits per heavy atom. The van der Waals surface area contributed by atoms with Crippen molar-refractivity contribution in [3.05, 3.63) is 33.1 Å². The SMILES string of the molecule is O=c1ccn([C@@H]2O[C@@H](COP(=O)([O-])OP(=O)([O-])[O-])[C@@H](O)[C@H]2O)c(=O)[nH]1.[Na+].[Na+].[Na+]. The molecule has 1 aromatic heterocycles. The molecule has 5 atom stereocenters. The topological polar surface area (TPSA) is 226 Å². The van der Waals surface area contributed by atoms with Gasteiger partial charge in [-0.3, -0.25) is 23.2 Å². The third kappa shape index (κ3) is 9.13. The summed E-state index contributed by atoms with van der Waals surface area (Å²) in [6.07, 6.45) is -5.51. The molecule has 28 heavy (non-hydrogen) atoms. The normalized spacial score (nSPS) is 26.3. The van der Waals surface area contributed by atoms with Gasteiger partial charge in [-0.25, -0.2) is 4.79 Å². The molecule has 3 N–H and O–H groups in total. The molecule has 1 unspecified atom stereocenters. The first-order valence-corrected chi connectivity index (χ1v) is 9.34. The van der Waals surface area contributed by atoms with E-state index in [9.17, 15) is 43.6 Å². The minimum absolute atomic E-state index is 0. The molecule has 0 saturated carbocycles. The molecule has 0 radical (unpaired) electrons. The summed E-state index contributed by atoms with van der Waals surface area (Å²) in [5.41, 5.74) is -1.69. The quantitative estimate of drug-likeness (QED) is 0.260. The molecule has 19 heteroatoms. The van der Waals surface area contributed by atoms with Crippen molar-refractivity contribution in [1.29, 1.82) is 0 Å². The Hall–Kier alpha value is 1.82. The molecule has 0 amide bonds. The fourth-order valence-corrected chi connectivity index (χ4v) is 3.53. The zero-order valence-corrected chi connectivity index (χ0v) is 22.8. The number of phosphoric acid groups is 2. The first kappa shape index (κ1) is 32.0. The molecule has 2 heterocycles. The average Bonchev–Trinajstić information content (AvgIpc) is 2.71. The number of aliphatic hydroxyl groups is 2. The van der Waals surface area contributed by atoms with Gasteiger partial charge in [0.2, 0.25) is 0 Å². The Bertz CT molecular complexity index is 842. The van der Waals surface area contributed by atoms with Gasteiger partial charge in [-0.2, -0.15) is 0 Å². The predicted octanol–water partition coefficient (Wildman–Crippen LogP) is -13.5. The van der Waals surface area contributed by atoms with Crippen LogP contribution >= 0.6 is 15.6 Å². The second kappa shape index (κ2) is 12.8. The number of aromatic nitrogens is 2. The number of nitrogens with zero attached hydrogens (tertiary/aromatic N) is 1. The number of rotatable bonds is 6. The molecule has 2 rings (SSSR count). The van der Waals surface area contributed by atoms with Crippen LogP contribution in [-0.2, 0) is 22.7 Å². The fourth-order valence-electron chi connectivity index (χ4n) is 2.04. The van der Waals surface area contributed by atoms with E-state index < -0.39 is 58.0 Å². The summed E-state index contributed by atoms with van der Waals surface area (Å²) in [6.45, 7) is -1.02. The van der Waals surface area contributed by atoms with E-state index >= 15 is 0 Å². The molecule has 1 aliphatic heterocycles. The van der Waals surface area contributed by atoms with Gasteiger partial charge in [-0.15, -0.1) is 0 Å². The van der Waals surface area contributed by atoms with Crippen LogP contribution in [0.25, 0.3) is 0 Å². The minimum Gasteiger partial charge on any atom is -0.790 e. The van der Waals surface area contributed by atoms with Crippen molar-refractivity contribution >= 4 is 15.6 Å². The maximum atomic E-state index is 11.6. The Labute approximate surface area is 223 Å². The van der Waals surface area contributed by atoms with E-state index in [4.69, 9.17) is 4.74 Å². The number of aliphatic hydroxyl groups excluding tert-OH is 2. The van der Waals surface area contributed by atoms with Crippen molar-refractivity contribution in [3.63, 3.8) is 0 Å². The zero-order valence-electron chi connectivity index (χ0n) is 15.0. The van der Waals surface area contributed by atoms with Crippen molar-refractivity contribution in [2.45, 2.75) is 24.5 Å². The third-order valence-electron chi connectivity index (χ3n) is 3.06. The Balaban J connectivity index is 0. The van der Waals surface area contributed by atoms with Crippen LogP contribution in [0.15, 0.2) is 21.9 Å². The average molecular weight is 470 g/mol. The van der Waals surface area contributed by atoms with Gasteiger partial charge in [0.25, 0.3) is 13.4 Å². The maximum absolute atomic E-state index is 11.6. The van der Waals surface area contributed by atoms with E-state index in [0.717, 1.165) is 16.8 Å². The van der Waals surface area contributed by atoms with Crippen molar-refractivity contribution in [2.24, 2.45) is 0 Å². The van der Waals surface area contributed by atoms with Gasteiger partial charge >= 0.3 is 94.4 Å². The second-order valence-electron chi connectivity index (χ2n) is 4.84. The van der Waals surface area contributed by atoms with E-state index in [2.05, 4.69) is 8.83 Å². The van der Waals surface area contributed by atoms with Crippen LogP contribution in [0, 0.1) is 0 Å². The monoisotopic (exact) mass is 470 g/mol. The number of aromatic amines is 1. The largest absolute Gasteiger partial charge is 1.00 e. The molecule has 1 aromatic rings. The van der Waals surface area contributed by atoms with Gasteiger partial charge in [0.15, 0.2) is 6.23 Å². The van der Waals surface area contributed by atoms with Crippen LogP contribution in [-0.4, -0.2) is 44.7 Å². The molecular formula is C9H11N2Na3O12P2. The van der Waals surface area contributed by atoms with Crippen LogP contribution in [0.4, 0.5) is 0 Å². The van der Waals surface area contributed by atoms with Gasteiger partial charge in [0.05, 0.1) is 14.4 Å². The summed E-state index contributed by atoms with van der Waals surface area (Å²) in [7, 11) is -11.4. The van der Waals surface area contributed by atoms with E-state index in [0.29, 0.717) is 0 Å². The maximum Gasteiger partial charge on any atom is 1.00 e. The number of hydrogen-bond acceptors (Lipinski definition) is 12. The number of nitrogens with one attached hydrogen (secondary N) is 1. The molecule has 142 valence electrons. The number of phosphoric ester groups is 1. The third-order valence-corrected chi connectivity index (χ3v) is 5.12. The molecular weight excluding hydrogens is 459 g/mol. The zero-order chi connectivity index (χ0) is 19.0. The van der Waals surface area contributed by atoms with Crippen molar-refractivity contribution in [3.8, 4) is 0 Å².